The Kier molecular flexibility index (Phi) is 7.38. The fraction of sp³-hybridized carbons (Fsp3) is 0.421. The molecule has 1 aliphatic carbocycles. The molecule has 0 atom stereocenters. The minimum Gasteiger partial charge on any atom is -0.475 e. The van der Waals surface area contributed by atoms with E-state index in [0.29, 0.717) is 17.9 Å². The minimum absolute atomic E-state index is 0.484. The number of halogens is 3. The van der Waals surface area contributed by atoms with Crippen molar-refractivity contribution in [1.82, 2.24) is 9.97 Å². The molecule has 0 bridgehead atoms. The van der Waals surface area contributed by atoms with Gasteiger partial charge in [-0.05, 0) is 44.4 Å². The molecular weight excluding hydrogens is 387 g/mol. The molecule has 29 heavy (non-hydrogen) atoms. The molecule has 0 unspecified atom stereocenters. The molecule has 1 aromatic carbocycles. The highest BCUT2D eigenvalue weighted by Crippen LogP contribution is 2.29. The highest BCUT2D eigenvalue weighted by Gasteiger charge is 2.38. The standard InChI is InChI=1S/C17H23N5.C2HF3O2/c1-12-8-16(20-14-9-13(10-14)11-18)21-17(19-12)22(2)15-6-4-3-5-7-15;3-2(4,5)1(6)7/h3-8,13-14H,9-11,18H2,1-2H3,(H,19,20,21);(H,6,7). The first-order valence-corrected chi connectivity index (χ1v) is 9.01. The van der Waals surface area contributed by atoms with Crippen LogP contribution in [0.15, 0.2) is 36.4 Å². The van der Waals surface area contributed by atoms with Gasteiger partial charge in [-0.2, -0.15) is 18.2 Å². The number of nitrogens with one attached hydrogen (secondary N) is 1. The van der Waals surface area contributed by atoms with E-state index >= 15 is 0 Å². The number of nitrogens with zero attached hydrogens (tertiary/aromatic N) is 3. The normalized spacial score (nSPS) is 18.1. The van der Waals surface area contributed by atoms with Crippen LogP contribution in [-0.4, -0.2) is 46.9 Å². The Hall–Kier alpha value is -2.88. The van der Waals surface area contributed by atoms with Gasteiger partial charge >= 0.3 is 12.1 Å². The van der Waals surface area contributed by atoms with E-state index in [2.05, 4.69) is 27.4 Å². The molecule has 3 rings (SSSR count). The molecule has 0 radical (unpaired) electrons. The second kappa shape index (κ2) is 9.55. The lowest BCUT2D eigenvalue weighted by Crippen LogP contribution is -2.39. The second-order valence-electron chi connectivity index (χ2n) is 6.81. The molecule has 2 aromatic rings. The molecule has 1 aromatic heterocycles. The van der Waals surface area contributed by atoms with E-state index in [9.17, 15) is 13.2 Å². The highest BCUT2D eigenvalue weighted by atomic mass is 19.4. The van der Waals surface area contributed by atoms with Gasteiger partial charge in [0, 0.05) is 30.5 Å². The summed E-state index contributed by atoms with van der Waals surface area (Å²) in [5.41, 5.74) is 7.72. The number of aliphatic carboxylic acids is 1. The molecule has 10 heteroatoms. The van der Waals surface area contributed by atoms with Gasteiger partial charge in [0.25, 0.3) is 0 Å². The summed E-state index contributed by atoms with van der Waals surface area (Å²) in [4.78, 5) is 20.1. The van der Waals surface area contributed by atoms with E-state index in [1.54, 1.807) is 0 Å². The third kappa shape index (κ3) is 6.60. The van der Waals surface area contributed by atoms with Crippen LogP contribution in [0.4, 0.5) is 30.6 Å². The van der Waals surface area contributed by atoms with E-state index in [-0.39, 0.29) is 0 Å². The molecular formula is C19H24F3N5O2. The number of hydrogen-bond donors (Lipinski definition) is 3. The number of benzene rings is 1. The summed E-state index contributed by atoms with van der Waals surface area (Å²) in [6.45, 7) is 2.78. The summed E-state index contributed by atoms with van der Waals surface area (Å²) in [7, 11) is 1.99. The monoisotopic (exact) mass is 411 g/mol. The maximum absolute atomic E-state index is 10.6. The zero-order chi connectivity index (χ0) is 21.6. The quantitative estimate of drug-likeness (QED) is 0.693. The first-order valence-electron chi connectivity index (χ1n) is 9.01. The Balaban J connectivity index is 0.000000370. The van der Waals surface area contributed by atoms with Crippen molar-refractivity contribution in [2.24, 2.45) is 11.7 Å². The molecule has 1 saturated carbocycles. The van der Waals surface area contributed by atoms with E-state index in [1.807, 2.05) is 43.1 Å². The summed E-state index contributed by atoms with van der Waals surface area (Å²) in [6.07, 6.45) is -2.83. The summed E-state index contributed by atoms with van der Waals surface area (Å²) in [5, 5.41) is 10.6. The second-order valence-corrected chi connectivity index (χ2v) is 6.81. The van der Waals surface area contributed by atoms with Crippen molar-refractivity contribution in [3.8, 4) is 0 Å². The van der Waals surface area contributed by atoms with Gasteiger partial charge in [0.05, 0.1) is 0 Å². The number of anilines is 3. The van der Waals surface area contributed by atoms with E-state index in [4.69, 9.17) is 15.6 Å². The number of alkyl halides is 3. The number of aryl methyl sites for hydroxylation is 1. The van der Waals surface area contributed by atoms with Gasteiger partial charge in [-0.3, -0.25) is 0 Å². The lowest BCUT2D eigenvalue weighted by Gasteiger charge is -2.35. The maximum Gasteiger partial charge on any atom is 0.490 e. The number of carboxylic acids is 1. The van der Waals surface area contributed by atoms with Crippen LogP contribution in [0.2, 0.25) is 0 Å². The molecule has 1 aliphatic rings. The summed E-state index contributed by atoms with van der Waals surface area (Å²) >= 11 is 0. The third-order valence-corrected chi connectivity index (χ3v) is 4.45. The van der Waals surface area contributed by atoms with Crippen LogP contribution in [0.3, 0.4) is 0 Å². The van der Waals surface area contributed by atoms with Gasteiger partial charge in [-0.15, -0.1) is 0 Å². The zero-order valence-electron chi connectivity index (χ0n) is 16.1. The number of carbonyl (C=O) groups is 1. The van der Waals surface area contributed by atoms with E-state index in [1.165, 1.54) is 0 Å². The van der Waals surface area contributed by atoms with Crippen molar-refractivity contribution >= 4 is 23.4 Å². The fourth-order valence-corrected chi connectivity index (χ4v) is 2.80. The Bertz CT molecular complexity index is 811. The molecule has 0 aliphatic heterocycles. The van der Waals surface area contributed by atoms with E-state index < -0.39 is 12.1 Å². The van der Waals surface area contributed by atoms with Crippen LogP contribution in [0.25, 0.3) is 0 Å². The van der Waals surface area contributed by atoms with Crippen LogP contribution >= 0.6 is 0 Å². The van der Waals surface area contributed by atoms with Gasteiger partial charge in [-0.25, -0.2) is 9.78 Å². The predicted molar refractivity (Wildman–Crippen MR) is 104 cm³/mol. The molecule has 1 fully saturated rings. The van der Waals surface area contributed by atoms with Gasteiger partial charge in [0.15, 0.2) is 0 Å². The number of para-hydroxylation sites is 1. The maximum atomic E-state index is 10.6. The van der Waals surface area contributed by atoms with Crippen molar-refractivity contribution in [2.75, 3.05) is 23.8 Å². The number of nitrogens with two attached hydrogens (primary N) is 1. The first-order chi connectivity index (χ1) is 13.6. The smallest absolute Gasteiger partial charge is 0.475 e. The molecule has 7 nitrogen and oxygen atoms in total. The number of aromatic nitrogens is 2. The van der Waals surface area contributed by atoms with Crippen molar-refractivity contribution < 1.29 is 23.1 Å². The highest BCUT2D eigenvalue weighted by molar-refractivity contribution is 5.73. The fourth-order valence-electron chi connectivity index (χ4n) is 2.80. The number of hydrogen-bond acceptors (Lipinski definition) is 6. The van der Waals surface area contributed by atoms with Crippen LogP contribution < -0.4 is 16.0 Å². The van der Waals surface area contributed by atoms with Crippen molar-refractivity contribution in [3.05, 3.63) is 42.1 Å². The topological polar surface area (TPSA) is 104 Å². The summed E-state index contributed by atoms with van der Waals surface area (Å²) in [6, 6.07) is 12.6. The Morgan fingerprint density at radius 1 is 1.28 bits per heavy atom. The molecule has 0 amide bonds. The van der Waals surface area contributed by atoms with Gasteiger partial charge in [0.2, 0.25) is 5.95 Å². The SMILES string of the molecule is Cc1cc(NC2CC(CN)C2)nc(N(C)c2ccccc2)n1.O=C(O)C(F)(F)F. The minimum atomic E-state index is -5.08. The average molecular weight is 411 g/mol. The van der Waals surface area contributed by atoms with Crippen molar-refractivity contribution in [3.63, 3.8) is 0 Å². The zero-order valence-corrected chi connectivity index (χ0v) is 16.1. The van der Waals surface area contributed by atoms with Gasteiger partial charge in [-0.1, -0.05) is 18.2 Å². The summed E-state index contributed by atoms with van der Waals surface area (Å²) in [5.74, 6) is -0.492. The predicted octanol–water partition coefficient (Wildman–Crippen LogP) is 3.34. The average Bonchev–Trinajstić information content (AvgIpc) is 2.63. The molecule has 1 heterocycles. The lowest BCUT2D eigenvalue weighted by atomic mass is 9.80. The molecule has 4 N–H and O–H groups in total. The third-order valence-electron chi connectivity index (χ3n) is 4.45. The summed E-state index contributed by atoms with van der Waals surface area (Å²) < 4.78 is 31.7. The van der Waals surface area contributed by atoms with Crippen LogP contribution in [0.1, 0.15) is 18.5 Å². The van der Waals surface area contributed by atoms with E-state index in [0.717, 1.165) is 36.6 Å². The largest absolute Gasteiger partial charge is 0.490 e. The van der Waals surface area contributed by atoms with Gasteiger partial charge < -0.3 is 21.1 Å². The molecule has 0 spiro atoms. The molecule has 158 valence electrons. The first kappa shape index (κ1) is 22.4. The molecule has 0 saturated heterocycles. The van der Waals surface area contributed by atoms with Crippen LogP contribution in [-0.2, 0) is 4.79 Å². The Morgan fingerprint density at radius 2 is 1.86 bits per heavy atom. The van der Waals surface area contributed by atoms with Crippen LogP contribution in [0.5, 0.6) is 0 Å². The van der Waals surface area contributed by atoms with Gasteiger partial charge in [0.1, 0.15) is 5.82 Å². The number of rotatable bonds is 5. The van der Waals surface area contributed by atoms with Crippen LogP contribution in [0, 0.1) is 12.8 Å². The number of carboxylic acid groups (broad SMARTS) is 1. The Labute approximate surface area is 166 Å². The Morgan fingerprint density at radius 3 is 2.38 bits per heavy atom. The van der Waals surface area contributed by atoms with Crippen molar-refractivity contribution in [1.29, 1.82) is 0 Å². The van der Waals surface area contributed by atoms with Crippen molar-refractivity contribution in [2.45, 2.75) is 32.0 Å². The lowest BCUT2D eigenvalue weighted by molar-refractivity contribution is -0.192.